The van der Waals surface area contributed by atoms with Gasteiger partial charge in [0.15, 0.2) is 6.10 Å². The molecule has 0 saturated heterocycles. The second-order valence-electron chi connectivity index (χ2n) is 3.97. The van der Waals surface area contributed by atoms with E-state index >= 15 is 0 Å². The Kier molecular flexibility index (Phi) is 4.82. The molecule has 19 heavy (non-hydrogen) atoms. The van der Waals surface area contributed by atoms with Crippen molar-refractivity contribution >= 4 is 11.9 Å². The predicted octanol–water partition coefficient (Wildman–Crippen LogP) is 0.841. The number of imide groups is 1. The third kappa shape index (κ3) is 4.22. The van der Waals surface area contributed by atoms with Crippen LogP contribution in [0.5, 0.6) is 5.75 Å². The van der Waals surface area contributed by atoms with Crippen molar-refractivity contribution in [3.63, 3.8) is 0 Å². The van der Waals surface area contributed by atoms with Crippen LogP contribution in [0, 0.1) is 5.82 Å². The Balaban J connectivity index is 2.75. The van der Waals surface area contributed by atoms with E-state index in [-0.39, 0.29) is 11.3 Å². The van der Waals surface area contributed by atoms with Crippen LogP contribution >= 0.6 is 0 Å². The van der Waals surface area contributed by atoms with Crippen molar-refractivity contribution in [1.82, 2.24) is 5.32 Å². The van der Waals surface area contributed by atoms with Crippen molar-refractivity contribution < 1.29 is 23.8 Å². The fraction of sp³-hybridized carbons (Fsp3) is 0.333. The minimum absolute atomic E-state index is 0.106. The number of benzene rings is 1. The number of halogens is 1. The molecule has 104 valence electrons. The summed E-state index contributed by atoms with van der Waals surface area (Å²) in [5.41, 5.74) is 4.91. The SMILES string of the molecule is CC(Oc1ccc([C@H](C)O)c(F)c1)C(=O)NC(N)=O. The summed E-state index contributed by atoms with van der Waals surface area (Å²) in [5, 5.41) is 11.1. The van der Waals surface area contributed by atoms with E-state index in [0.717, 1.165) is 6.07 Å². The first-order chi connectivity index (χ1) is 8.81. The highest BCUT2D eigenvalue weighted by Crippen LogP contribution is 2.22. The van der Waals surface area contributed by atoms with Crippen molar-refractivity contribution in [2.24, 2.45) is 5.73 Å². The van der Waals surface area contributed by atoms with Crippen molar-refractivity contribution in [3.8, 4) is 5.75 Å². The Morgan fingerprint density at radius 2 is 2.05 bits per heavy atom. The average molecular weight is 270 g/mol. The molecule has 4 N–H and O–H groups in total. The van der Waals surface area contributed by atoms with Crippen molar-refractivity contribution in [1.29, 1.82) is 0 Å². The molecule has 0 aliphatic rings. The monoisotopic (exact) mass is 270 g/mol. The summed E-state index contributed by atoms with van der Waals surface area (Å²) in [6.07, 6.45) is -1.95. The number of urea groups is 1. The second-order valence-corrected chi connectivity index (χ2v) is 3.97. The summed E-state index contributed by atoms with van der Waals surface area (Å²) < 4.78 is 18.7. The predicted molar refractivity (Wildman–Crippen MR) is 64.8 cm³/mol. The molecule has 1 rings (SSSR count). The molecule has 0 fully saturated rings. The molecule has 0 saturated carbocycles. The molecule has 6 nitrogen and oxygen atoms in total. The molecule has 2 atom stereocenters. The Morgan fingerprint density at radius 1 is 1.42 bits per heavy atom. The van der Waals surface area contributed by atoms with Crippen LogP contribution < -0.4 is 15.8 Å². The minimum Gasteiger partial charge on any atom is -0.481 e. The third-order valence-electron chi connectivity index (χ3n) is 2.35. The van der Waals surface area contributed by atoms with Crippen molar-refractivity contribution in [3.05, 3.63) is 29.6 Å². The highest BCUT2D eigenvalue weighted by Gasteiger charge is 2.17. The average Bonchev–Trinajstić information content (AvgIpc) is 2.27. The van der Waals surface area contributed by atoms with Gasteiger partial charge in [0.05, 0.1) is 6.10 Å². The number of hydrogen-bond donors (Lipinski definition) is 3. The van der Waals surface area contributed by atoms with E-state index in [2.05, 4.69) is 0 Å². The number of aliphatic hydroxyl groups excluding tert-OH is 1. The molecule has 0 heterocycles. The maximum absolute atomic E-state index is 13.5. The van der Waals surface area contributed by atoms with Gasteiger partial charge in [-0.15, -0.1) is 0 Å². The number of aliphatic hydroxyl groups is 1. The van der Waals surface area contributed by atoms with Gasteiger partial charge in [-0.05, 0) is 26.0 Å². The number of nitrogens with one attached hydrogen (secondary N) is 1. The molecule has 3 amide bonds. The number of rotatable bonds is 4. The molecular formula is C12H15FN2O4. The zero-order valence-corrected chi connectivity index (χ0v) is 10.5. The highest BCUT2D eigenvalue weighted by atomic mass is 19.1. The fourth-order valence-electron chi connectivity index (χ4n) is 1.40. The number of amides is 3. The van der Waals surface area contributed by atoms with Gasteiger partial charge in [0, 0.05) is 11.6 Å². The normalized spacial score (nSPS) is 13.5. The standard InChI is InChI=1S/C12H15FN2O4/c1-6(16)9-4-3-8(5-10(9)13)19-7(2)11(17)15-12(14)18/h3-7,16H,1-2H3,(H3,14,15,17,18)/t6-,7?/m0/s1. The molecule has 0 aliphatic carbocycles. The number of hydrogen-bond acceptors (Lipinski definition) is 4. The van der Waals surface area contributed by atoms with Gasteiger partial charge < -0.3 is 15.6 Å². The number of primary amides is 1. The number of carbonyl (C=O) groups excluding carboxylic acids is 2. The molecule has 0 radical (unpaired) electrons. The lowest BCUT2D eigenvalue weighted by Crippen LogP contribution is -2.42. The van der Waals surface area contributed by atoms with E-state index in [1.54, 1.807) is 0 Å². The molecule has 0 aromatic heterocycles. The zero-order chi connectivity index (χ0) is 14.6. The maximum Gasteiger partial charge on any atom is 0.318 e. The number of nitrogens with two attached hydrogens (primary N) is 1. The van der Waals surface area contributed by atoms with Gasteiger partial charge in [-0.25, -0.2) is 9.18 Å². The van der Waals surface area contributed by atoms with E-state index < -0.39 is 30.0 Å². The first-order valence-electron chi connectivity index (χ1n) is 5.55. The van der Waals surface area contributed by atoms with Crippen LogP contribution in [0.1, 0.15) is 25.5 Å². The number of ether oxygens (including phenoxy) is 1. The lowest BCUT2D eigenvalue weighted by Gasteiger charge is -2.14. The van der Waals surface area contributed by atoms with E-state index in [9.17, 15) is 19.1 Å². The topological polar surface area (TPSA) is 102 Å². The van der Waals surface area contributed by atoms with Gasteiger partial charge in [-0.3, -0.25) is 10.1 Å². The van der Waals surface area contributed by atoms with Crippen LogP contribution in [0.2, 0.25) is 0 Å². The molecule has 1 unspecified atom stereocenters. The van der Waals surface area contributed by atoms with Gasteiger partial charge in [0.2, 0.25) is 0 Å². The van der Waals surface area contributed by atoms with E-state index in [1.807, 2.05) is 5.32 Å². The van der Waals surface area contributed by atoms with Crippen molar-refractivity contribution in [2.75, 3.05) is 0 Å². The molecule has 1 aromatic carbocycles. The summed E-state index contributed by atoms with van der Waals surface area (Å²) in [7, 11) is 0. The van der Waals surface area contributed by atoms with Crippen LogP contribution in [-0.4, -0.2) is 23.1 Å². The van der Waals surface area contributed by atoms with Gasteiger partial charge in [-0.1, -0.05) is 0 Å². The van der Waals surface area contributed by atoms with Crippen LogP contribution in [0.15, 0.2) is 18.2 Å². The Hall–Kier alpha value is -2.15. The lowest BCUT2D eigenvalue weighted by molar-refractivity contribution is -0.126. The maximum atomic E-state index is 13.5. The largest absolute Gasteiger partial charge is 0.481 e. The van der Waals surface area contributed by atoms with Gasteiger partial charge in [0.1, 0.15) is 11.6 Å². The molecule has 0 aliphatic heterocycles. The second kappa shape index (κ2) is 6.14. The minimum atomic E-state index is -1.01. The Labute approximate surface area is 109 Å². The van der Waals surface area contributed by atoms with Gasteiger partial charge >= 0.3 is 6.03 Å². The molecule has 0 spiro atoms. The lowest BCUT2D eigenvalue weighted by atomic mass is 10.1. The Morgan fingerprint density at radius 3 is 2.53 bits per heavy atom. The molecule has 0 bridgehead atoms. The Bertz CT molecular complexity index is 491. The third-order valence-corrected chi connectivity index (χ3v) is 2.35. The fourth-order valence-corrected chi connectivity index (χ4v) is 1.40. The number of carbonyl (C=O) groups is 2. The molecular weight excluding hydrogens is 255 g/mol. The zero-order valence-electron chi connectivity index (χ0n) is 10.5. The van der Waals surface area contributed by atoms with E-state index in [1.165, 1.54) is 26.0 Å². The summed E-state index contributed by atoms with van der Waals surface area (Å²) in [6.45, 7) is 2.82. The molecule has 7 heteroatoms. The summed E-state index contributed by atoms with van der Waals surface area (Å²) >= 11 is 0. The van der Waals surface area contributed by atoms with Gasteiger partial charge in [-0.2, -0.15) is 0 Å². The first kappa shape index (κ1) is 14.9. The van der Waals surface area contributed by atoms with Crippen LogP contribution in [0.3, 0.4) is 0 Å². The summed E-state index contributed by atoms with van der Waals surface area (Å²) in [5.74, 6) is -1.27. The quantitative estimate of drug-likeness (QED) is 0.754. The summed E-state index contributed by atoms with van der Waals surface area (Å²) in [6, 6.07) is 2.83. The first-order valence-corrected chi connectivity index (χ1v) is 5.55. The van der Waals surface area contributed by atoms with Crippen LogP contribution in [-0.2, 0) is 4.79 Å². The summed E-state index contributed by atoms with van der Waals surface area (Å²) in [4.78, 5) is 21.8. The van der Waals surface area contributed by atoms with E-state index in [4.69, 9.17) is 10.5 Å². The van der Waals surface area contributed by atoms with Crippen molar-refractivity contribution in [2.45, 2.75) is 26.1 Å². The van der Waals surface area contributed by atoms with Crippen LogP contribution in [0.25, 0.3) is 0 Å². The highest BCUT2D eigenvalue weighted by molar-refractivity contribution is 5.95. The van der Waals surface area contributed by atoms with Crippen LogP contribution in [0.4, 0.5) is 9.18 Å². The molecule has 1 aromatic rings. The van der Waals surface area contributed by atoms with Gasteiger partial charge in [0.25, 0.3) is 5.91 Å². The van der Waals surface area contributed by atoms with E-state index in [0.29, 0.717) is 0 Å². The smallest absolute Gasteiger partial charge is 0.318 e.